The topological polar surface area (TPSA) is 73.5 Å². The van der Waals surface area contributed by atoms with Crippen LogP contribution >= 0.6 is 0 Å². The lowest BCUT2D eigenvalue weighted by molar-refractivity contribution is 0.209. The van der Waals surface area contributed by atoms with Crippen molar-refractivity contribution in [3.8, 4) is 22.9 Å². The highest BCUT2D eigenvalue weighted by molar-refractivity contribution is 5.51. The van der Waals surface area contributed by atoms with Gasteiger partial charge >= 0.3 is 0 Å². The first-order valence-electron chi connectivity index (χ1n) is 8.97. The van der Waals surface area contributed by atoms with Crippen LogP contribution in [0.25, 0.3) is 11.4 Å². The van der Waals surface area contributed by atoms with Gasteiger partial charge in [-0.25, -0.2) is 0 Å². The largest absolute Gasteiger partial charge is 0.497 e. The highest BCUT2D eigenvalue weighted by Gasteiger charge is 2.30. The summed E-state index contributed by atoms with van der Waals surface area (Å²) in [6.45, 7) is 1.58. The molecule has 3 aromatic rings. The van der Waals surface area contributed by atoms with E-state index in [1.165, 1.54) is 0 Å². The summed E-state index contributed by atoms with van der Waals surface area (Å²) in [5, 5.41) is 4.09. The summed E-state index contributed by atoms with van der Waals surface area (Å²) >= 11 is 0. The summed E-state index contributed by atoms with van der Waals surface area (Å²) in [5.41, 5.74) is 2.00. The van der Waals surface area contributed by atoms with E-state index in [1.54, 1.807) is 26.6 Å². The highest BCUT2D eigenvalue weighted by atomic mass is 16.5. The first kappa shape index (κ1) is 17.5. The summed E-state index contributed by atoms with van der Waals surface area (Å²) in [6, 6.07) is 10.0. The van der Waals surface area contributed by atoms with Crippen molar-refractivity contribution < 1.29 is 14.0 Å². The van der Waals surface area contributed by atoms with Crippen LogP contribution < -0.4 is 9.47 Å². The summed E-state index contributed by atoms with van der Waals surface area (Å²) in [7, 11) is 3.35. The Hall–Kier alpha value is -2.93. The third kappa shape index (κ3) is 3.64. The van der Waals surface area contributed by atoms with Gasteiger partial charge in [-0.05, 0) is 37.6 Å². The van der Waals surface area contributed by atoms with Gasteiger partial charge in [-0.15, -0.1) is 0 Å². The molecule has 1 unspecified atom stereocenters. The number of rotatable bonds is 6. The fraction of sp³-hybridized carbons (Fsp3) is 0.350. The Morgan fingerprint density at radius 2 is 2.15 bits per heavy atom. The number of aromatic nitrogens is 3. The smallest absolute Gasteiger partial charge is 0.241 e. The summed E-state index contributed by atoms with van der Waals surface area (Å²) < 4.78 is 16.4. The van der Waals surface area contributed by atoms with E-state index < -0.39 is 0 Å². The van der Waals surface area contributed by atoms with Gasteiger partial charge in [-0.2, -0.15) is 4.98 Å². The molecule has 1 saturated heterocycles. The molecular weight excluding hydrogens is 344 g/mol. The van der Waals surface area contributed by atoms with Crippen LogP contribution in [0, 0.1) is 0 Å². The van der Waals surface area contributed by atoms with Crippen molar-refractivity contribution in [3.63, 3.8) is 0 Å². The second-order valence-electron chi connectivity index (χ2n) is 6.49. The molecule has 7 nitrogen and oxygen atoms in total. The van der Waals surface area contributed by atoms with E-state index in [0.29, 0.717) is 18.3 Å². The number of benzene rings is 1. The van der Waals surface area contributed by atoms with Gasteiger partial charge < -0.3 is 14.0 Å². The van der Waals surface area contributed by atoms with Crippen molar-refractivity contribution in [1.29, 1.82) is 0 Å². The Bertz CT molecular complexity index is 897. The quantitative estimate of drug-likeness (QED) is 0.661. The van der Waals surface area contributed by atoms with Crippen molar-refractivity contribution in [2.75, 3.05) is 20.8 Å². The molecular formula is C20H22N4O3. The van der Waals surface area contributed by atoms with Gasteiger partial charge in [0.2, 0.25) is 11.7 Å². The number of likely N-dealkylation sites (tertiary alicyclic amines) is 1. The summed E-state index contributed by atoms with van der Waals surface area (Å²) in [5.74, 6) is 2.80. The molecule has 0 spiro atoms. The molecule has 3 heterocycles. The van der Waals surface area contributed by atoms with Crippen LogP contribution in [-0.4, -0.2) is 40.8 Å². The number of nitrogens with zero attached hydrogens (tertiary/aromatic N) is 4. The maximum atomic E-state index is 5.60. The normalized spacial score (nSPS) is 17.2. The molecule has 0 bridgehead atoms. The number of hydrogen-bond acceptors (Lipinski definition) is 7. The molecule has 0 aliphatic carbocycles. The minimum atomic E-state index is 0.250. The summed E-state index contributed by atoms with van der Waals surface area (Å²) in [4.78, 5) is 11.0. The molecule has 0 amide bonds. The van der Waals surface area contributed by atoms with E-state index in [2.05, 4.69) is 26.1 Å². The van der Waals surface area contributed by atoms with Crippen LogP contribution in [-0.2, 0) is 6.54 Å². The minimum absolute atomic E-state index is 0.250. The monoisotopic (exact) mass is 366 g/mol. The fourth-order valence-electron chi connectivity index (χ4n) is 3.57. The predicted molar refractivity (Wildman–Crippen MR) is 99.5 cm³/mol. The molecule has 0 N–H and O–H groups in total. The zero-order valence-electron chi connectivity index (χ0n) is 15.5. The van der Waals surface area contributed by atoms with Gasteiger partial charge in [-0.1, -0.05) is 11.2 Å². The molecule has 7 heteroatoms. The number of ether oxygens (including phenoxy) is 2. The van der Waals surface area contributed by atoms with Crippen molar-refractivity contribution >= 4 is 0 Å². The minimum Gasteiger partial charge on any atom is -0.497 e. The number of pyridine rings is 1. The van der Waals surface area contributed by atoms with Gasteiger partial charge in [-0.3, -0.25) is 9.88 Å². The molecule has 0 radical (unpaired) electrons. The third-order valence-corrected chi connectivity index (χ3v) is 4.89. The molecule has 1 atom stereocenters. The van der Waals surface area contributed by atoms with Crippen molar-refractivity contribution in [1.82, 2.24) is 20.0 Å². The zero-order valence-corrected chi connectivity index (χ0v) is 15.5. The van der Waals surface area contributed by atoms with Crippen molar-refractivity contribution in [2.24, 2.45) is 0 Å². The Morgan fingerprint density at radius 3 is 2.93 bits per heavy atom. The number of methoxy groups -OCH3 is 2. The third-order valence-electron chi connectivity index (χ3n) is 4.89. The second kappa shape index (κ2) is 7.75. The Morgan fingerprint density at radius 1 is 1.22 bits per heavy atom. The Labute approximate surface area is 157 Å². The van der Waals surface area contributed by atoms with E-state index in [9.17, 15) is 0 Å². The van der Waals surface area contributed by atoms with E-state index in [-0.39, 0.29) is 6.04 Å². The summed E-state index contributed by atoms with van der Waals surface area (Å²) in [6.07, 6.45) is 5.63. The van der Waals surface area contributed by atoms with Crippen LogP contribution in [0.4, 0.5) is 0 Å². The van der Waals surface area contributed by atoms with Crippen molar-refractivity contribution in [2.45, 2.75) is 25.4 Å². The second-order valence-corrected chi connectivity index (χ2v) is 6.49. The average molecular weight is 366 g/mol. The number of hydrogen-bond donors (Lipinski definition) is 0. The van der Waals surface area contributed by atoms with Gasteiger partial charge in [0.05, 0.1) is 20.8 Å². The molecule has 1 fully saturated rings. The van der Waals surface area contributed by atoms with E-state index >= 15 is 0 Å². The first-order chi connectivity index (χ1) is 13.3. The molecule has 1 aromatic carbocycles. The van der Waals surface area contributed by atoms with Gasteiger partial charge in [0, 0.05) is 35.6 Å². The van der Waals surface area contributed by atoms with E-state index in [4.69, 9.17) is 14.0 Å². The SMILES string of the molecule is COc1ccc(C2CCCN2Cc2nc(-c3cccnc3)no2)c(OC)c1. The molecule has 4 rings (SSSR count). The lowest BCUT2D eigenvalue weighted by atomic mass is 10.0. The van der Waals surface area contributed by atoms with Crippen LogP contribution in [0.3, 0.4) is 0 Å². The van der Waals surface area contributed by atoms with Crippen LogP contribution in [0.15, 0.2) is 47.2 Å². The lowest BCUT2D eigenvalue weighted by Gasteiger charge is -2.25. The van der Waals surface area contributed by atoms with E-state index in [1.807, 2.05) is 24.3 Å². The van der Waals surface area contributed by atoms with Gasteiger partial charge in [0.25, 0.3) is 0 Å². The molecule has 27 heavy (non-hydrogen) atoms. The van der Waals surface area contributed by atoms with Gasteiger partial charge in [0.1, 0.15) is 11.5 Å². The average Bonchev–Trinajstić information content (AvgIpc) is 3.38. The molecule has 1 aliphatic rings. The van der Waals surface area contributed by atoms with Crippen LogP contribution in [0.1, 0.15) is 30.3 Å². The van der Waals surface area contributed by atoms with Crippen LogP contribution in [0.2, 0.25) is 0 Å². The molecule has 0 saturated carbocycles. The lowest BCUT2D eigenvalue weighted by Crippen LogP contribution is -2.23. The van der Waals surface area contributed by atoms with Crippen molar-refractivity contribution in [3.05, 3.63) is 54.2 Å². The van der Waals surface area contributed by atoms with Crippen LogP contribution in [0.5, 0.6) is 11.5 Å². The molecule has 140 valence electrons. The Balaban J connectivity index is 1.54. The standard InChI is InChI=1S/C20H22N4O3/c1-25-15-7-8-16(18(11-15)26-2)17-6-4-10-24(17)13-19-22-20(23-27-19)14-5-3-9-21-12-14/h3,5,7-9,11-12,17H,4,6,10,13H2,1-2H3. The fourth-order valence-corrected chi connectivity index (χ4v) is 3.57. The Kier molecular flexibility index (Phi) is 5.02. The predicted octanol–water partition coefficient (Wildman–Crippen LogP) is 3.49. The maximum Gasteiger partial charge on any atom is 0.241 e. The molecule has 1 aliphatic heterocycles. The zero-order chi connectivity index (χ0) is 18.6. The maximum absolute atomic E-state index is 5.60. The van der Waals surface area contributed by atoms with E-state index in [0.717, 1.165) is 42.0 Å². The van der Waals surface area contributed by atoms with Gasteiger partial charge in [0.15, 0.2) is 0 Å². The highest BCUT2D eigenvalue weighted by Crippen LogP contribution is 2.39. The first-order valence-corrected chi connectivity index (χ1v) is 8.97. The molecule has 2 aromatic heterocycles.